The van der Waals surface area contributed by atoms with Gasteiger partial charge in [-0.3, -0.25) is 0 Å². The molecule has 0 N–H and O–H groups in total. The molecule has 1 heterocycles. The summed E-state index contributed by atoms with van der Waals surface area (Å²) >= 11 is 0. The molecule has 0 amide bonds. The minimum absolute atomic E-state index is 0.0305. The van der Waals surface area contributed by atoms with Gasteiger partial charge in [-0.2, -0.15) is 0 Å². The summed E-state index contributed by atoms with van der Waals surface area (Å²) in [5, 5.41) is 0. The van der Waals surface area contributed by atoms with Crippen LogP contribution in [-0.4, -0.2) is 19.2 Å². The Hall–Kier alpha value is -9.29. The maximum atomic E-state index is 17.4. The van der Waals surface area contributed by atoms with Crippen LogP contribution in [0.5, 0.6) is 46.0 Å². The Morgan fingerprint density at radius 2 is 0.870 bits per heavy atom. The Balaban J connectivity index is 1.05. The lowest BCUT2D eigenvalue weighted by Gasteiger charge is -2.35. The number of carbonyl (C=O) groups is 1. The first-order valence-electron chi connectivity index (χ1n) is 25.1. The van der Waals surface area contributed by atoms with Crippen LogP contribution >= 0.6 is 0 Å². The van der Waals surface area contributed by atoms with Crippen molar-refractivity contribution in [2.24, 2.45) is 0 Å². The number of hydrogen-bond donors (Lipinski definition) is 0. The van der Waals surface area contributed by atoms with Gasteiger partial charge >= 0.3 is 5.97 Å². The first-order valence-corrected chi connectivity index (χ1v) is 25.1. The minimum Gasteiger partial charge on any atom is -0.490 e. The normalized spacial score (nSPS) is 13.5. The Kier molecular flexibility index (Phi) is 16.5. The zero-order valence-electron chi connectivity index (χ0n) is 42.2. The lowest BCUT2D eigenvalue weighted by atomic mass is 9.93. The highest BCUT2D eigenvalue weighted by molar-refractivity contribution is 5.92. The number of fused-ring (bicyclic) bond motifs is 1. The zero-order valence-corrected chi connectivity index (χ0v) is 42.2. The summed E-state index contributed by atoms with van der Waals surface area (Å²) in [7, 11) is 1.20. The molecule has 12 heteroatoms. The number of ether oxygens (including phenoxy) is 9. The third-order valence-electron chi connectivity index (χ3n) is 12.8. The quantitative estimate of drug-likeness (QED) is 0.0610. The van der Waals surface area contributed by atoms with E-state index in [1.54, 1.807) is 66.7 Å². The van der Waals surface area contributed by atoms with Crippen LogP contribution < -0.4 is 37.9 Å². The van der Waals surface area contributed by atoms with Crippen molar-refractivity contribution in [2.45, 2.75) is 58.3 Å². The van der Waals surface area contributed by atoms with Crippen molar-refractivity contribution in [3.05, 3.63) is 274 Å². The van der Waals surface area contributed by atoms with E-state index in [2.05, 4.69) is 0 Å². The molecule has 9 aromatic carbocycles. The van der Waals surface area contributed by atoms with Crippen LogP contribution in [0.2, 0.25) is 0 Å². The van der Waals surface area contributed by atoms with Crippen LogP contribution in [0.15, 0.2) is 212 Å². The van der Waals surface area contributed by atoms with Gasteiger partial charge in [0.15, 0.2) is 29.2 Å². The molecule has 9 aromatic rings. The van der Waals surface area contributed by atoms with E-state index < -0.39 is 46.9 Å². The van der Waals surface area contributed by atoms with Crippen LogP contribution in [0.4, 0.5) is 8.78 Å². The summed E-state index contributed by atoms with van der Waals surface area (Å²) in [4.78, 5) is 14.9. The SMILES string of the molecule is COc1c(F)c(C(=O)O[C@@H]2Cc3c(OCc4ccccc4)cc(OCc4ccccc4)cc3O[C@H]2c2ccc(OCc3ccccc3)c(OCc3ccccc3)c2)c(F)c(OCc2ccccc2)c1OCc1ccccc1. The van der Waals surface area contributed by atoms with E-state index in [0.29, 0.717) is 51.0 Å². The molecule has 10 rings (SSSR count). The molecular formula is C65H54F2O10. The molecular weight excluding hydrogens is 979 g/mol. The molecule has 77 heavy (non-hydrogen) atoms. The van der Waals surface area contributed by atoms with Crippen LogP contribution in [0.1, 0.15) is 61.0 Å². The number of rotatable bonds is 22. The highest BCUT2D eigenvalue weighted by Crippen LogP contribution is 2.48. The summed E-state index contributed by atoms with van der Waals surface area (Å²) in [5.74, 6) is -3.45. The summed E-state index contributed by atoms with van der Waals surface area (Å²) in [5.41, 5.74) is 5.07. The van der Waals surface area contributed by atoms with Gasteiger partial charge in [0.2, 0.25) is 17.2 Å². The summed E-state index contributed by atoms with van der Waals surface area (Å²) < 4.78 is 91.3. The molecule has 0 fully saturated rings. The molecule has 0 saturated carbocycles. The third kappa shape index (κ3) is 12.8. The Bertz CT molecular complexity index is 3370. The van der Waals surface area contributed by atoms with Crippen molar-refractivity contribution in [1.82, 2.24) is 0 Å². The second-order valence-corrected chi connectivity index (χ2v) is 18.1. The number of halogens is 2. The molecule has 0 spiro atoms. The van der Waals surface area contributed by atoms with Gasteiger partial charge in [-0.05, 0) is 45.5 Å². The molecule has 0 bridgehead atoms. The number of esters is 1. The monoisotopic (exact) mass is 1030 g/mol. The Labute approximate surface area is 445 Å². The van der Waals surface area contributed by atoms with E-state index in [4.69, 9.17) is 42.6 Å². The average molecular weight is 1030 g/mol. The maximum absolute atomic E-state index is 17.4. The van der Waals surface area contributed by atoms with Crippen molar-refractivity contribution in [3.63, 3.8) is 0 Å². The molecule has 0 aliphatic carbocycles. The topological polar surface area (TPSA) is 100 Å². The van der Waals surface area contributed by atoms with Crippen molar-refractivity contribution in [1.29, 1.82) is 0 Å². The summed E-state index contributed by atoms with van der Waals surface area (Å²) in [6.07, 6.45) is -2.37. The standard InChI is InChI=1S/C65H54F2O10/c1-69-62-59(66)58(60(67)63(74-42-48-28-16-6-17-29-48)64(62)75-43-49-30-18-7-19-31-49)65(68)77-57-37-52-54(72-40-46-24-12-4-13-25-46)35-51(70-38-44-20-8-2-9-21-44)36-55(52)76-61(57)50-32-33-53(71-39-45-22-10-3-11-23-45)56(34-50)73-41-47-26-14-5-15-27-47/h2-36,57,61H,37-43H2,1H3/t57-,61+/m1/s1. The van der Waals surface area contributed by atoms with Gasteiger partial charge in [0.1, 0.15) is 68.6 Å². The van der Waals surface area contributed by atoms with Gasteiger partial charge in [-0.1, -0.05) is 188 Å². The van der Waals surface area contributed by atoms with Gasteiger partial charge in [-0.15, -0.1) is 0 Å². The number of carbonyl (C=O) groups excluding carboxylic acids is 1. The zero-order chi connectivity index (χ0) is 52.8. The predicted molar refractivity (Wildman–Crippen MR) is 287 cm³/mol. The van der Waals surface area contributed by atoms with E-state index in [1.807, 2.05) is 146 Å². The third-order valence-corrected chi connectivity index (χ3v) is 12.8. The summed E-state index contributed by atoms with van der Waals surface area (Å²) in [6.45, 7) is 0.630. The molecule has 1 aliphatic heterocycles. The van der Waals surface area contributed by atoms with Crippen LogP contribution in [-0.2, 0) is 50.8 Å². The van der Waals surface area contributed by atoms with Gasteiger partial charge < -0.3 is 42.6 Å². The van der Waals surface area contributed by atoms with E-state index in [0.717, 1.165) is 22.3 Å². The predicted octanol–water partition coefficient (Wildman–Crippen LogP) is 14.3. The lowest BCUT2D eigenvalue weighted by molar-refractivity contribution is -0.0198. The van der Waals surface area contributed by atoms with Gasteiger partial charge in [-0.25, -0.2) is 13.6 Å². The number of benzene rings is 9. The summed E-state index contributed by atoms with van der Waals surface area (Å²) in [6, 6.07) is 65.7. The van der Waals surface area contributed by atoms with Crippen molar-refractivity contribution < 1.29 is 56.2 Å². The van der Waals surface area contributed by atoms with Crippen LogP contribution in [0.3, 0.4) is 0 Å². The number of methoxy groups -OCH3 is 1. The van der Waals surface area contributed by atoms with E-state index in [-0.39, 0.29) is 51.8 Å². The first-order chi connectivity index (χ1) is 37.9. The van der Waals surface area contributed by atoms with E-state index in [1.165, 1.54) is 7.11 Å². The fourth-order valence-electron chi connectivity index (χ4n) is 8.81. The van der Waals surface area contributed by atoms with Gasteiger partial charge in [0, 0.05) is 29.7 Å². The van der Waals surface area contributed by atoms with Gasteiger partial charge in [0.05, 0.1) is 7.11 Å². The van der Waals surface area contributed by atoms with E-state index >= 15 is 8.78 Å². The highest BCUT2D eigenvalue weighted by atomic mass is 19.1. The fraction of sp³-hybridized carbons (Fsp3) is 0.154. The molecule has 388 valence electrons. The highest BCUT2D eigenvalue weighted by Gasteiger charge is 2.40. The molecule has 10 nitrogen and oxygen atoms in total. The maximum Gasteiger partial charge on any atom is 0.344 e. The first kappa shape index (κ1) is 51.2. The van der Waals surface area contributed by atoms with Crippen molar-refractivity contribution in [3.8, 4) is 46.0 Å². The van der Waals surface area contributed by atoms with Crippen molar-refractivity contribution in [2.75, 3.05) is 7.11 Å². The lowest BCUT2D eigenvalue weighted by Crippen LogP contribution is -2.35. The average Bonchev–Trinajstić information content (AvgIpc) is 3.49. The second-order valence-electron chi connectivity index (χ2n) is 18.1. The van der Waals surface area contributed by atoms with E-state index in [9.17, 15) is 4.79 Å². The Morgan fingerprint density at radius 1 is 0.455 bits per heavy atom. The molecule has 0 radical (unpaired) electrons. The van der Waals surface area contributed by atoms with Gasteiger partial charge in [0.25, 0.3) is 0 Å². The Morgan fingerprint density at radius 3 is 1.35 bits per heavy atom. The fourth-order valence-corrected chi connectivity index (χ4v) is 8.81. The largest absolute Gasteiger partial charge is 0.490 e. The second kappa shape index (κ2) is 24.8. The number of hydrogen-bond acceptors (Lipinski definition) is 10. The van der Waals surface area contributed by atoms with Crippen LogP contribution in [0.25, 0.3) is 0 Å². The van der Waals surface area contributed by atoms with Crippen LogP contribution in [0, 0.1) is 11.6 Å². The molecule has 1 aliphatic rings. The molecule has 2 atom stereocenters. The minimum atomic E-state index is -1.35. The molecule has 0 saturated heterocycles. The molecule has 0 aromatic heterocycles. The smallest absolute Gasteiger partial charge is 0.344 e. The van der Waals surface area contributed by atoms with Crippen molar-refractivity contribution >= 4 is 5.97 Å². The molecule has 0 unspecified atom stereocenters.